The second-order valence-electron chi connectivity index (χ2n) is 3.61. The summed E-state index contributed by atoms with van der Waals surface area (Å²) < 4.78 is 37.5. The molecule has 0 aliphatic carbocycles. The zero-order valence-corrected chi connectivity index (χ0v) is 9.52. The van der Waals surface area contributed by atoms with Crippen LogP contribution in [0.2, 0.25) is 5.15 Å². The molecule has 1 aliphatic rings. The first kappa shape index (κ1) is 12.4. The highest BCUT2D eigenvalue weighted by molar-refractivity contribution is 6.29. The van der Waals surface area contributed by atoms with E-state index in [2.05, 4.69) is 15.3 Å². The van der Waals surface area contributed by atoms with Gasteiger partial charge in [0.05, 0.1) is 0 Å². The van der Waals surface area contributed by atoms with Gasteiger partial charge in [0.2, 0.25) is 5.82 Å². The Morgan fingerprint density at radius 3 is 2.47 bits per heavy atom. The van der Waals surface area contributed by atoms with E-state index >= 15 is 0 Å². The molecule has 1 fully saturated rings. The Hall–Kier alpha value is -1.08. The zero-order chi connectivity index (χ0) is 12.5. The van der Waals surface area contributed by atoms with Crippen molar-refractivity contribution in [3.8, 4) is 0 Å². The molecule has 0 spiro atoms. The molecule has 1 saturated heterocycles. The van der Waals surface area contributed by atoms with Crippen molar-refractivity contribution in [3.05, 3.63) is 17.0 Å². The highest BCUT2D eigenvalue weighted by Crippen LogP contribution is 2.29. The summed E-state index contributed by atoms with van der Waals surface area (Å²) >= 11 is 5.58. The molecule has 0 unspecified atom stereocenters. The molecular formula is C9H10ClF3N4. The van der Waals surface area contributed by atoms with Crippen LogP contribution in [0.25, 0.3) is 0 Å². The van der Waals surface area contributed by atoms with Crippen molar-refractivity contribution in [1.29, 1.82) is 0 Å². The number of piperazine rings is 1. The summed E-state index contributed by atoms with van der Waals surface area (Å²) in [5.74, 6) is -0.975. The van der Waals surface area contributed by atoms with Gasteiger partial charge in [-0.2, -0.15) is 13.2 Å². The van der Waals surface area contributed by atoms with E-state index < -0.39 is 12.0 Å². The Bertz CT molecular complexity index is 404. The molecule has 2 heterocycles. The van der Waals surface area contributed by atoms with Gasteiger partial charge in [-0.15, -0.1) is 0 Å². The Kier molecular flexibility index (Phi) is 3.39. The van der Waals surface area contributed by atoms with Gasteiger partial charge < -0.3 is 10.2 Å². The molecule has 4 nitrogen and oxygen atoms in total. The highest BCUT2D eigenvalue weighted by Gasteiger charge is 2.35. The summed E-state index contributed by atoms with van der Waals surface area (Å²) in [5, 5.41) is 2.91. The number of aromatic nitrogens is 2. The predicted molar refractivity (Wildman–Crippen MR) is 57.1 cm³/mol. The summed E-state index contributed by atoms with van der Waals surface area (Å²) in [6.45, 7) is 2.63. The van der Waals surface area contributed by atoms with Crippen molar-refractivity contribution >= 4 is 17.4 Å². The molecule has 1 aliphatic heterocycles. The van der Waals surface area contributed by atoms with E-state index in [1.165, 1.54) is 6.07 Å². The number of alkyl halides is 3. The van der Waals surface area contributed by atoms with Crippen LogP contribution in [0.5, 0.6) is 0 Å². The van der Waals surface area contributed by atoms with Crippen LogP contribution in [0, 0.1) is 0 Å². The average molecular weight is 267 g/mol. The van der Waals surface area contributed by atoms with Gasteiger partial charge in [-0.3, -0.25) is 0 Å². The first-order valence-electron chi connectivity index (χ1n) is 5.04. The SMILES string of the molecule is FC(F)(F)c1nc(Cl)cc(N2CCNCC2)n1. The first-order chi connectivity index (χ1) is 7.97. The van der Waals surface area contributed by atoms with E-state index in [4.69, 9.17) is 11.6 Å². The first-order valence-corrected chi connectivity index (χ1v) is 5.42. The third-order valence-corrected chi connectivity index (χ3v) is 2.57. The zero-order valence-electron chi connectivity index (χ0n) is 8.76. The molecule has 0 aromatic carbocycles. The summed E-state index contributed by atoms with van der Waals surface area (Å²) in [6.07, 6.45) is -4.58. The van der Waals surface area contributed by atoms with Gasteiger partial charge >= 0.3 is 6.18 Å². The van der Waals surface area contributed by atoms with E-state index in [0.717, 1.165) is 0 Å². The monoisotopic (exact) mass is 266 g/mol. The third kappa shape index (κ3) is 2.98. The van der Waals surface area contributed by atoms with Crippen LogP contribution < -0.4 is 10.2 Å². The molecular weight excluding hydrogens is 257 g/mol. The van der Waals surface area contributed by atoms with Gasteiger partial charge in [0.1, 0.15) is 11.0 Å². The van der Waals surface area contributed by atoms with Gasteiger partial charge in [-0.05, 0) is 0 Å². The van der Waals surface area contributed by atoms with Crippen LogP contribution in [-0.4, -0.2) is 36.1 Å². The summed E-state index contributed by atoms with van der Waals surface area (Å²) in [7, 11) is 0. The second kappa shape index (κ2) is 4.66. The molecule has 2 rings (SSSR count). The Morgan fingerprint density at radius 2 is 1.88 bits per heavy atom. The van der Waals surface area contributed by atoms with Gasteiger partial charge in [0.15, 0.2) is 0 Å². The molecule has 8 heteroatoms. The molecule has 1 N–H and O–H groups in total. The average Bonchev–Trinajstić information content (AvgIpc) is 2.28. The minimum Gasteiger partial charge on any atom is -0.354 e. The van der Waals surface area contributed by atoms with Crippen LogP contribution in [-0.2, 0) is 6.18 Å². The normalized spacial score (nSPS) is 17.3. The van der Waals surface area contributed by atoms with Crippen LogP contribution in [0.1, 0.15) is 5.82 Å². The van der Waals surface area contributed by atoms with Crippen LogP contribution in [0.3, 0.4) is 0 Å². The minimum absolute atomic E-state index is 0.194. The Morgan fingerprint density at radius 1 is 1.24 bits per heavy atom. The molecule has 17 heavy (non-hydrogen) atoms. The molecule has 0 radical (unpaired) electrons. The number of halogens is 4. The van der Waals surface area contributed by atoms with Crippen molar-refractivity contribution in [2.24, 2.45) is 0 Å². The molecule has 1 aromatic heterocycles. The highest BCUT2D eigenvalue weighted by atomic mass is 35.5. The van der Waals surface area contributed by atoms with Crippen molar-refractivity contribution in [2.45, 2.75) is 6.18 Å². The van der Waals surface area contributed by atoms with Crippen molar-refractivity contribution in [2.75, 3.05) is 31.1 Å². The molecule has 94 valence electrons. The maximum Gasteiger partial charge on any atom is 0.451 e. The van der Waals surface area contributed by atoms with E-state index in [-0.39, 0.29) is 11.0 Å². The number of hydrogen-bond acceptors (Lipinski definition) is 4. The lowest BCUT2D eigenvalue weighted by Crippen LogP contribution is -2.44. The standard InChI is InChI=1S/C9H10ClF3N4/c10-6-5-7(17-3-1-14-2-4-17)16-8(15-6)9(11,12)13/h5,14H,1-4H2. The van der Waals surface area contributed by atoms with Crippen molar-refractivity contribution in [3.63, 3.8) is 0 Å². The van der Waals surface area contributed by atoms with E-state index in [0.29, 0.717) is 26.2 Å². The van der Waals surface area contributed by atoms with Gasteiger partial charge in [0, 0.05) is 32.2 Å². The van der Waals surface area contributed by atoms with Crippen LogP contribution >= 0.6 is 11.6 Å². The number of nitrogens with one attached hydrogen (secondary N) is 1. The van der Waals surface area contributed by atoms with Gasteiger partial charge in [-0.25, -0.2) is 9.97 Å². The van der Waals surface area contributed by atoms with E-state index in [1.54, 1.807) is 4.90 Å². The maximum absolute atomic E-state index is 12.5. The maximum atomic E-state index is 12.5. The number of rotatable bonds is 1. The molecule has 0 amide bonds. The fourth-order valence-corrected chi connectivity index (χ4v) is 1.77. The summed E-state index contributed by atoms with van der Waals surface area (Å²) in [4.78, 5) is 8.44. The fourth-order valence-electron chi connectivity index (χ4n) is 1.59. The van der Waals surface area contributed by atoms with Crippen LogP contribution in [0.15, 0.2) is 6.07 Å². The largest absolute Gasteiger partial charge is 0.451 e. The van der Waals surface area contributed by atoms with Crippen molar-refractivity contribution in [1.82, 2.24) is 15.3 Å². The number of hydrogen-bond donors (Lipinski definition) is 1. The summed E-state index contributed by atoms with van der Waals surface area (Å²) in [5.41, 5.74) is 0. The molecule has 0 saturated carbocycles. The van der Waals surface area contributed by atoms with Gasteiger partial charge in [-0.1, -0.05) is 11.6 Å². The topological polar surface area (TPSA) is 41.1 Å². The van der Waals surface area contributed by atoms with Gasteiger partial charge in [0.25, 0.3) is 0 Å². The number of nitrogens with zero attached hydrogens (tertiary/aromatic N) is 3. The lowest BCUT2D eigenvalue weighted by Gasteiger charge is -2.28. The van der Waals surface area contributed by atoms with Crippen LogP contribution in [0.4, 0.5) is 19.0 Å². The fraction of sp³-hybridized carbons (Fsp3) is 0.556. The third-order valence-electron chi connectivity index (χ3n) is 2.38. The van der Waals surface area contributed by atoms with E-state index in [1.807, 2.05) is 0 Å². The van der Waals surface area contributed by atoms with E-state index in [9.17, 15) is 13.2 Å². The predicted octanol–water partition coefficient (Wildman–Crippen LogP) is 1.56. The second-order valence-corrected chi connectivity index (χ2v) is 3.99. The molecule has 0 bridgehead atoms. The van der Waals surface area contributed by atoms with Crippen molar-refractivity contribution < 1.29 is 13.2 Å². The Balaban J connectivity index is 2.31. The smallest absolute Gasteiger partial charge is 0.354 e. The molecule has 0 atom stereocenters. The molecule has 1 aromatic rings. The quantitative estimate of drug-likeness (QED) is 0.783. The lowest BCUT2D eigenvalue weighted by atomic mass is 10.3. The summed E-state index contributed by atoms with van der Waals surface area (Å²) in [6, 6.07) is 1.35. The minimum atomic E-state index is -4.58. The Labute approximate surface area is 101 Å². The lowest BCUT2D eigenvalue weighted by molar-refractivity contribution is -0.144. The number of anilines is 1.